The second kappa shape index (κ2) is 6.71. The van der Waals surface area contributed by atoms with E-state index in [-0.39, 0.29) is 0 Å². The first-order valence-corrected chi connectivity index (χ1v) is 8.34. The van der Waals surface area contributed by atoms with E-state index in [0.29, 0.717) is 6.04 Å². The molecule has 1 aliphatic rings. The van der Waals surface area contributed by atoms with Crippen LogP contribution in [0.2, 0.25) is 0 Å². The van der Waals surface area contributed by atoms with Gasteiger partial charge in [-0.25, -0.2) is 0 Å². The largest absolute Gasteiger partial charge is 0.496 e. The van der Waals surface area contributed by atoms with E-state index in [0.717, 1.165) is 41.1 Å². The summed E-state index contributed by atoms with van der Waals surface area (Å²) < 4.78 is 7.35. The van der Waals surface area contributed by atoms with E-state index in [1.54, 1.807) is 7.11 Å². The molecule has 0 spiro atoms. The summed E-state index contributed by atoms with van der Waals surface area (Å²) in [6.45, 7) is 6.29. The molecule has 5 nitrogen and oxygen atoms in total. The molecule has 1 saturated heterocycles. The zero-order valence-corrected chi connectivity index (χ0v) is 14.5. The van der Waals surface area contributed by atoms with Crippen LogP contribution in [0.3, 0.4) is 0 Å². The van der Waals surface area contributed by atoms with Crippen LogP contribution in [0.25, 0.3) is 11.3 Å². The molecule has 2 aromatic rings. The lowest BCUT2D eigenvalue weighted by Crippen LogP contribution is -2.26. The van der Waals surface area contributed by atoms with Crippen LogP contribution in [0.15, 0.2) is 18.3 Å². The van der Waals surface area contributed by atoms with Gasteiger partial charge in [-0.1, -0.05) is 5.21 Å². The summed E-state index contributed by atoms with van der Waals surface area (Å²) in [5, 5.41) is 8.68. The number of rotatable bonds is 5. The lowest BCUT2D eigenvalue weighted by molar-refractivity contribution is 0.282. The fourth-order valence-electron chi connectivity index (χ4n) is 3.44. The molecule has 0 bridgehead atoms. The van der Waals surface area contributed by atoms with Gasteiger partial charge in [0.05, 0.1) is 13.3 Å². The lowest BCUT2D eigenvalue weighted by atomic mass is 10.0. The van der Waals surface area contributed by atoms with Gasteiger partial charge in [0.2, 0.25) is 0 Å². The monoisotopic (exact) mass is 314 g/mol. The molecule has 1 aromatic carbocycles. The van der Waals surface area contributed by atoms with Crippen LogP contribution >= 0.6 is 0 Å². The summed E-state index contributed by atoms with van der Waals surface area (Å²) in [7, 11) is 3.92. The van der Waals surface area contributed by atoms with Crippen LogP contribution < -0.4 is 4.74 Å². The van der Waals surface area contributed by atoms with Crippen molar-refractivity contribution in [2.45, 2.75) is 45.7 Å². The molecule has 1 fully saturated rings. The Morgan fingerprint density at radius 3 is 2.78 bits per heavy atom. The van der Waals surface area contributed by atoms with Gasteiger partial charge in [0, 0.05) is 18.2 Å². The minimum Gasteiger partial charge on any atom is -0.496 e. The molecule has 0 saturated carbocycles. The van der Waals surface area contributed by atoms with Gasteiger partial charge in [0.15, 0.2) is 0 Å². The number of hydrogen-bond donors (Lipinski definition) is 0. The molecule has 0 aliphatic carbocycles. The molecular weight excluding hydrogens is 288 g/mol. The summed E-state index contributed by atoms with van der Waals surface area (Å²) in [4.78, 5) is 2.45. The van der Waals surface area contributed by atoms with Crippen LogP contribution in [0.5, 0.6) is 5.75 Å². The molecule has 1 atom stereocenters. The minimum atomic E-state index is 0.688. The highest BCUT2D eigenvalue weighted by Crippen LogP contribution is 2.28. The average Bonchev–Trinajstić information content (AvgIpc) is 3.16. The predicted molar refractivity (Wildman–Crippen MR) is 91.8 cm³/mol. The van der Waals surface area contributed by atoms with Gasteiger partial charge in [0.1, 0.15) is 11.4 Å². The first kappa shape index (κ1) is 16.0. The van der Waals surface area contributed by atoms with Gasteiger partial charge in [-0.05, 0) is 70.0 Å². The van der Waals surface area contributed by atoms with Gasteiger partial charge in [-0.2, -0.15) is 0 Å². The highest BCUT2D eigenvalue weighted by atomic mass is 16.5. The summed E-state index contributed by atoms with van der Waals surface area (Å²) >= 11 is 0. The maximum atomic E-state index is 5.38. The molecular formula is C18H26N4O. The third-order valence-electron chi connectivity index (χ3n) is 4.92. The van der Waals surface area contributed by atoms with Crippen molar-refractivity contribution in [2.75, 3.05) is 20.7 Å². The van der Waals surface area contributed by atoms with Crippen LogP contribution in [-0.4, -0.2) is 46.6 Å². The van der Waals surface area contributed by atoms with E-state index in [1.807, 2.05) is 4.68 Å². The first-order valence-electron chi connectivity index (χ1n) is 8.34. The Bertz CT molecular complexity index is 680. The van der Waals surface area contributed by atoms with Crippen molar-refractivity contribution in [2.24, 2.45) is 0 Å². The molecule has 5 heteroatoms. The Morgan fingerprint density at radius 1 is 1.26 bits per heavy atom. The van der Waals surface area contributed by atoms with Crippen LogP contribution in [0.4, 0.5) is 0 Å². The fourth-order valence-corrected chi connectivity index (χ4v) is 3.44. The molecule has 1 aliphatic heterocycles. The molecule has 3 rings (SSSR count). The number of ether oxygens (including phenoxy) is 1. The van der Waals surface area contributed by atoms with E-state index >= 15 is 0 Å². The zero-order chi connectivity index (χ0) is 16.4. The van der Waals surface area contributed by atoms with Crippen molar-refractivity contribution in [1.82, 2.24) is 19.9 Å². The SMILES string of the molecule is COc1cc(C)c(-c2cn(CC[C@@H]3CCCN3C)nn2)cc1C. The number of aromatic nitrogens is 3. The highest BCUT2D eigenvalue weighted by molar-refractivity contribution is 5.65. The molecule has 124 valence electrons. The number of nitrogens with zero attached hydrogens (tertiary/aromatic N) is 4. The molecule has 23 heavy (non-hydrogen) atoms. The number of likely N-dealkylation sites (tertiary alicyclic amines) is 1. The van der Waals surface area contributed by atoms with Crippen molar-refractivity contribution in [3.63, 3.8) is 0 Å². The Labute approximate surface area is 138 Å². The van der Waals surface area contributed by atoms with Crippen LogP contribution in [0.1, 0.15) is 30.4 Å². The van der Waals surface area contributed by atoms with E-state index < -0.39 is 0 Å². The molecule has 0 N–H and O–H groups in total. The van der Waals surface area contributed by atoms with Gasteiger partial charge in [-0.3, -0.25) is 4.68 Å². The summed E-state index contributed by atoms with van der Waals surface area (Å²) in [6, 6.07) is 4.89. The van der Waals surface area contributed by atoms with E-state index in [2.05, 4.69) is 54.4 Å². The smallest absolute Gasteiger partial charge is 0.122 e. The maximum absolute atomic E-state index is 5.38. The van der Waals surface area contributed by atoms with Crippen molar-refractivity contribution < 1.29 is 4.74 Å². The topological polar surface area (TPSA) is 43.2 Å². The third-order valence-corrected chi connectivity index (χ3v) is 4.92. The summed E-state index contributed by atoms with van der Waals surface area (Å²) in [5.41, 5.74) is 4.35. The van der Waals surface area contributed by atoms with Gasteiger partial charge in [0.25, 0.3) is 0 Å². The summed E-state index contributed by atoms with van der Waals surface area (Å²) in [6.07, 6.45) is 5.81. The Balaban J connectivity index is 1.73. The van der Waals surface area contributed by atoms with E-state index in [9.17, 15) is 0 Å². The Hall–Kier alpha value is -1.88. The van der Waals surface area contributed by atoms with E-state index in [4.69, 9.17) is 4.74 Å². The normalized spacial score (nSPS) is 18.5. The third kappa shape index (κ3) is 3.39. The Morgan fingerprint density at radius 2 is 2.09 bits per heavy atom. The average molecular weight is 314 g/mol. The minimum absolute atomic E-state index is 0.688. The zero-order valence-electron chi connectivity index (χ0n) is 14.5. The number of benzene rings is 1. The standard InChI is InChI=1S/C18H26N4O/c1-13-11-18(23-4)14(2)10-16(13)17-12-22(20-19-17)9-7-15-6-5-8-21(15)3/h10-12,15H,5-9H2,1-4H3/t15-/m0/s1. The van der Waals surface area contributed by atoms with Gasteiger partial charge in [-0.15, -0.1) is 5.10 Å². The highest BCUT2D eigenvalue weighted by Gasteiger charge is 2.20. The lowest BCUT2D eigenvalue weighted by Gasteiger charge is -2.18. The number of hydrogen-bond acceptors (Lipinski definition) is 4. The maximum Gasteiger partial charge on any atom is 0.122 e. The predicted octanol–water partition coefficient (Wildman–Crippen LogP) is 3.05. The number of methoxy groups -OCH3 is 1. The second-order valence-electron chi connectivity index (χ2n) is 6.57. The van der Waals surface area contributed by atoms with Crippen molar-refractivity contribution in [1.29, 1.82) is 0 Å². The number of aryl methyl sites for hydroxylation is 3. The molecule has 0 radical (unpaired) electrons. The van der Waals surface area contributed by atoms with Gasteiger partial charge >= 0.3 is 0 Å². The van der Waals surface area contributed by atoms with Crippen LogP contribution in [0, 0.1) is 13.8 Å². The molecule has 0 unspecified atom stereocenters. The first-order chi connectivity index (χ1) is 11.1. The van der Waals surface area contributed by atoms with Crippen molar-refractivity contribution in [3.05, 3.63) is 29.5 Å². The molecule has 2 heterocycles. The molecule has 0 amide bonds. The van der Waals surface area contributed by atoms with E-state index in [1.165, 1.54) is 19.4 Å². The van der Waals surface area contributed by atoms with Gasteiger partial charge < -0.3 is 9.64 Å². The quantitative estimate of drug-likeness (QED) is 0.851. The summed E-state index contributed by atoms with van der Waals surface area (Å²) in [5.74, 6) is 0.919. The fraction of sp³-hybridized carbons (Fsp3) is 0.556. The van der Waals surface area contributed by atoms with Crippen molar-refractivity contribution in [3.8, 4) is 17.0 Å². The second-order valence-corrected chi connectivity index (χ2v) is 6.57. The van der Waals surface area contributed by atoms with Crippen molar-refractivity contribution >= 4 is 0 Å². The molecule has 1 aromatic heterocycles. The van der Waals surface area contributed by atoms with Crippen LogP contribution in [-0.2, 0) is 6.54 Å². The Kier molecular flexibility index (Phi) is 4.66.